The summed E-state index contributed by atoms with van der Waals surface area (Å²) in [7, 11) is 0. The number of fused-ring (bicyclic) bond motifs is 1. The van der Waals surface area contributed by atoms with Crippen molar-refractivity contribution in [1.82, 2.24) is 0 Å². The third-order valence-electron chi connectivity index (χ3n) is 4.70. The number of benzene rings is 2. The fraction of sp³-hybridized carbons (Fsp3) is 0.458. The Kier molecular flexibility index (Phi) is 6.83. The molecule has 2 aromatic rings. The van der Waals surface area contributed by atoms with Crippen LogP contribution >= 0.6 is 0 Å². The third kappa shape index (κ3) is 6.21. The fourth-order valence-corrected chi connectivity index (χ4v) is 3.47. The number of carboxylic acid groups (broad SMARTS) is 1. The van der Waals surface area contributed by atoms with Crippen molar-refractivity contribution in [3.05, 3.63) is 53.1 Å². The van der Waals surface area contributed by atoms with E-state index in [0.717, 1.165) is 29.9 Å². The van der Waals surface area contributed by atoms with Gasteiger partial charge < -0.3 is 10.2 Å². The van der Waals surface area contributed by atoms with Crippen LogP contribution in [-0.4, -0.2) is 21.8 Å². The number of carbonyl (C=O) groups is 1. The van der Waals surface area contributed by atoms with E-state index in [0.29, 0.717) is 0 Å². The normalized spacial score (nSPS) is 17.1. The van der Waals surface area contributed by atoms with Gasteiger partial charge in [-0.3, -0.25) is 4.79 Å². The van der Waals surface area contributed by atoms with E-state index in [1.807, 2.05) is 19.1 Å². The van der Waals surface area contributed by atoms with Crippen LogP contribution in [0.3, 0.4) is 0 Å². The molecule has 0 aliphatic heterocycles. The zero-order chi connectivity index (χ0) is 20.2. The first-order valence-electron chi connectivity index (χ1n) is 9.71. The van der Waals surface area contributed by atoms with Crippen LogP contribution in [-0.2, 0) is 11.2 Å². The van der Waals surface area contributed by atoms with Gasteiger partial charge in [0.25, 0.3) is 0 Å². The van der Waals surface area contributed by atoms with Gasteiger partial charge in [-0.25, -0.2) is 0 Å². The van der Waals surface area contributed by atoms with E-state index in [9.17, 15) is 9.90 Å². The van der Waals surface area contributed by atoms with E-state index in [4.69, 9.17) is 5.11 Å². The van der Waals surface area contributed by atoms with Crippen LogP contribution in [0.5, 0.6) is 0 Å². The van der Waals surface area contributed by atoms with Gasteiger partial charge in [0.05, 0.1) is 12.0 Å². The maximum absolute atomic E-state index is 11.3. The van der Waals surface area contributed by atoms with Crippen molar-refractivity contribution in [2.45, 2.75) is 65.9 Å². The van der Waals surface area contributed by atoms with E-state index in [1.54, 1.807) is 20.8 Å². The lowest BCUT2D eigenvalue weighted by molar-refractivity contribution is -0.136. The van der Waals surface area contributed by atoms with Crippen molar-refractivity contribution in [3.63, 3.8) is 0 Å². The Bertz CT molecular complexity index is 835. The SMILES string of the molecule is CC(C)(C)O.Cc1cc2ccccc2c(C2=CCC(C)CC2)c1CC(=O)O. The minimum atomic E-state index is -0.760. The lowest BCUT2D eigenvalue weighted by Crippen LogP contribution is -2.10. The van der Waals surface area contributed by atoms with Crippen molar-refractivity contribution < 1.29 is 15.0 Å². The van der Waals surface area contributed by atoms with E-state index >= 15 is 0 Å². The molecule has 0 amide bonds. The zero-order valence-corrected chi connectivity index (χ0v) is 17.2. The number of aliphatic carboxylic acids is 1. The molecule has 3 nitrogen and oxygen atoms in total. The summed E-state index contributed by atoms with van der Waals surface area (Å²) in [5, 5.41) is 20.2. The fourth-order valence-electron chi connectivity index (χ4n) is 3.47. The molecule has 0 heterocycles. The van der Waals surface area contributed by atoms with Crippen LogP contribution in [0.15, 0.2) is 36.4 Å². The van der Waals surface area contributed by atoms with Crippen LogP contribution < -0.4 is 0 Å². The topological polar surface area (TPSA) is 57.5 Å². The molecule has 1 aliphatic carbocycles. The van der Waals surface area contributed by atoms with Crippen molar-refractivity contribution in [2.75, 3.05) is 0 Å². The van der Waals surface area contributed by atoms with Crippen LogP contribution in [0.25, 0.3) is 16.3 Å². The Morgan fingerprint density at radius 3 is 2.41 bits per heavy atom. The van der Waals surface area contributed by atoms with Crippen molar-refractivity contribution >= 4 is 22.3 Å². The molecular formula is C24H32O3. The van der Waals surface area contributed by atoms with Crippen LogP contribution in [0, 0.1) is 12.8 Å². The van der Waals surface area contributed by atoms with E-state index < -0.39 is 11.6 Å². The van der Waals surface area contributed by atoms with E-state index in [1.165, 1.54) is 28.3 Å². The van der Waals surface area contributed by atoms with Gasteiger partial charge in [0, 0.05) is 0 Å². The molecule has 1 aliphatic rings. The average molecular weight is 369 g/mol. The number of hydrogen-bond donors (Lipinski definition) is 2. The first-order chi connectivity index (χ1) is 12.6. The summed E-state index contributed by atoms with van der Waals surface area (Å²) in [6.07, 6.45) is 5.73. The highest BCUT2D eigenvalue weighted by atomic mass is 16.4. The molecule has 0 radical (unpaired) electrons. The van der Waals surface area contributed by atoms with Gasteiger partial charge in [0.15, 0.2) is 0 Å². The van der Waals surface area contributed by atoms with Gasteiger partial charge >= 0.3 is 5.97 Å². The Balaban J connectivity index is 0.000000465. The molecule has 2 N–H and O–H groups in total. The summed E-state index contributed by atoms with van der Waals surface area (Å²) in [5.41, 5.74) is 4.06. The highest BCUT2D eigenvalue weighted by Crippen LogP contribution is 2.37. The molecule has 146 valence electrons. The number of rotatable bonds is 3. The molecule has 0 saturated heterocycles. The summed E-state index contributed by atoms with van der Waals surface area (Å²) in [4.78, 5) is 11.3. The molecule has 0 saturated carbocycles. The average Bonchev–Trinajstić information content (AvgIpc) is 2.55. The molecule has 1 unspecified atom stereocenters. The maximum atomic E-state index is 11.3. The van der Waals surface area contributed by atoms with Gasteiger partial charge in [-0.15, -0.1) is 0 Å². The molecule has 0 bridgehead atoms. The summed E-state index contributed by atoms with van der Waals surface area (Å²) in [6.45, 7) is 9.53. The Labute approximate surface area is 162 Å². The van der Waals surface area contributed by atoms with Gasteiger partial charge in [0.1, 0.15) is 0 Å². The van der Waals surface area contributed by atoms with Crippen molar-refractivity contribution in [1.29, 1.82) is 0 Å². The first kappa shape index (κ1) is 21.2. The molecule has 1 atom stereocenters. The predicted octanol–water partition coefficient (Wildman–Crippen LogP) is 5.76. The molecule has 27 heavy (non-hydrogen) atoms. The minimum Gasteiger partial charge on any atom is -0.481 e. The number of aryl methyl sites for hydroxylation is 1. The van der Waals surface area contributed by atoms with E-state index in [-0.39, 0.29) is 6.42 Å². The second-order valence-electron chi connectivity index (χ2n) is 8.62. The summed E-state index contributed by atoms with van der Waals surface area (Å²) < 4.78 is 0. The second kappa shape index (κ2) is 8.71. The largest absolute Gasteiger partial charge is 0.481 e. The van der Waals surface area contributed by atoms with Gasteiger partial charge in [-0.2, -0.15) is 0 Å². The monoisotopic (exact) mass is 368 g/mol. The lowest BCUT2D eigenvalue weighted by atomic mass is 9.82. The van der Waals surface area contributed by atoms with Crippen LogP contribution in [0.4, 0.5) is 0 Å². The highest BCUT2D eigenvalue weighted by Gasteiger charge is 2.19. The van der Waals surface area contributed by atoms with Crippen LogP contribution in [0.2, 0.25) is 0 Å². The van der Waals surface area contributed by atoms with Gasteiger partial charge in [-0.05, 0) is 85.9 Å². The molecule has 0 fully saturated rings. The molecule has 0 aromatic heterocycles. The maximum Gasteiger partial charge on any atom is 0.307 e. The molecule has 3 rings (SSSR count). The summed E-state index contributed by atoms with van der Waals surface area (Å²) in [6, 6.07) is 10.4. The highest BCUT2D eigenvalue weighted by molar-refractivity contribution is 5.97. The number of aliphatic hydroxyl groups is 1. The second-order valence-corrected chi connectivity index (χ2v) is 8.62. The standard InChI is InChI=1S/C20H22O2.C4H10O/c1-13-7-9-15(10-8-13)20-17-6-4-3-5-16(17)11-14(2)18(20)12-19(21)22;1-4(2,3)5/h3-6,9,11,13H,7-8,10,12H2,1-2H3,(H,21,22);5H,1-3H3. The number of carboxylic acids is 1. The quantitative estimate of drug-likeness (QED) is 0.724. The van der Waals surface area contributed by atoms with Gasteiger partial charge in [-0.1, -0.05) is 43.3 Å². The zero-order valence-electron chi connectivity index (χ0n) is 17.2. The van der Waals surface area contributed by atoms with Crippen molar-refractivity contribution in [3.8, 4) is 0 Å². The number of hydrogen-bond acceptors (Lipinski definition) is 2. The molecule has 3 heteroatoms. The third-order valence-corrected chi connectivity index (χ3v) is 4.70. The number of allylic oxidation sites excluding steroid dienone is 2. The molecule has 2 aromatic carbocycles. The first-order valence-corrected chi connectivity index (χ1v) is 9.71. The minimum absolute atomic E-state index is 0.0961. The summed E-state index contributed by atoms with van der Waals surface area (Å²) in [5.74, 6) is -0.0350. The summed E-state index contributed by atoms with van der Waals surface area (Å²) >= 11 is 0. The molecular weight excluding hydrogens is 336 g/mol. The Morgan fingerprint density at radius 1 is 1.22 bits per heavy atom. The van der Waals surface area contributed by atoms with Crippen molar-refractivity contribution in [2.24, 2.45) is 5.92 Å². The smallest absolute Gasteiger partial charge is 0.307 e. The predicted molar refractivity (Wildman–Crippen MR) is 113 cm³/mol. The van der Waals surface area contributed by atoms with Gasteiger partial charge in [0.2, 0.25) is 0 Å². The molecule has 0 spiro atoms. The van der Waals surface area contributed by atoms with Crippen LogP contribution in [0.1, 0.15) is 63.6 Å². The Hall–Kier alpha value is -2.13. The van der Waals surface area contributed by atoms with E-state index in [2.05, 4.69) is 31.2 Å². The lowest BCUT2D eigenvalue weighted by Gasteiger charge is -2.23. The Morgan fingerprint density at radius 2 is 1.85 bits per heavy atom.